The topological polar surface area (TPSA) is 40.5 Å². The SMILES string of the molecule is CN(CCC(=O)O)Cc1cc(F)c(F)c(F)c1. The van der Waals surface area contributed by atoms with E-state index in [-0.39, 0.29) is 25.1 Å². The first kappa shape index (κ1) is 13.5. The number of hydrogen-bond acceptors (Lipinski definition) is 2. The second kappa shape index (κ2) is 5.67. The predicted molar refractivity (Wildman–Crippen MR) is 54.9 cm³/mol. The van der Waals surface area contributed by atoms with E-state index in [1.807, 2.05) is 0 Å². The van der Waals surface area contributed by atoms with Crippen LogP contribution in [-0.2, 0) is 11.3 Å². The van der Waals surface area contributed by atoms with Gasteiger partial charge in [-0.2, -0.15) is 0 Å². The maximum absolute atomic E-state index is 12.9. The molecular formula is C11H12F3NO2. The van der Waals surface area contributed by atoms with E-state index in [2.05, 4.69) is 0 Å². The van der Waals surface area contributed by atoms with E-state index in [4.69, 9.17) is 5.11 Å². The zero-order chi connectivity index (χ0) is 13.0. The van der Waals surface area contributed by atoms with Crippen molar-refractivity contribution in [1.82, 2.24) is 4.90 Å². The van der Waals surface area contributed by atoms with E-state index in [0.717, 1.165) is 12.1 Å². The van der Waals surface area contributed by atoms with Crippen LogP contribution in [0.5, 0.6) is 0 Å². The Labute approximate surface area is 96.5 Å². The summed E-state index contributed by atoms with van der Waals surface area (Å²) in [7, 11) is 1.61. The van der Waals surface area contributed by atoms with Gasteiger partial charge in [-0.3, -0.25) is 4.79 Å². The van der Waals surface area contributed by atoms with Gasteiger partial charge in [0.05, 0.1) is 6.42 Å². The highest BCUT2D eigenvalue weighted by Gasteiger charge is 2.11. The third kappa shape index (κ3) is 4.07. The van der Waals surface area contributed by atoms with Gasteiger partial charge < -0.3 is 10.0 Å². The van der Waals surface area contributed by atoms with E-state index >= 15 is 0 Å². The standard InChI is InChI=1S/C11H12F3NO2/c1-15(3-2-10(16)17)6-7-4-8(12)11(14)9(13)5-7/h4-5H,2-3,6H2,1H3,(H,16,17). The highest BCUT2D eigenvalue weighted by molar-refractivity contribution is 5.66. The Morgan fingerprint density at radius 3 is 2.29 bits per heavy atom. The van der Waals surface area contributed by atoms with Crippen molar-refractivity contribution in [3.8, 4) is 0 Å². The molecule has 0 radical (unpaired) electrons. The fourth-order valence-corrected chi connectivity index (χ4v) is 1.38. The normalized spacial score (nSPS) is 10.9. The second-order valence-electron chi connectivity index (χ2n) is 3.75. The van der Waals surface area contributed by atoms with Crippen molar-refractivity contribution in [3.63, 3.8) is 0 Å². The van der Waals surface area contributed by atoms with Crippen LogP contribution in [0, 0.1) is 17.5 Å². The molecule has 94 valence electrons. The minimum absolute atomic E-state index is 0.0668. The molecule has 0 aliphatic carbocycles. The first-order chi connectivity index (χ1) is 7.90. The van der Waals surface area contributed by atoms with Crippen molar-refractivity contribution < 1.29 is 23.1 Å². The molecule has 0 aliphatic rings. The van der Waals surface area contributed by atoms with Gasteiger partial charge in [-0.1, -0.05) is 0 Å². The summed E-state index contributed by atoms with van der Waals surface area (Å²) in [5.74, 6) is -4.94. The molecule has 1 rings (SSSR count). The number of carboxylic acid groups (broad SMARTS) is 1. The van der Waals surface area contributed by atoms with Crippen LogP contribution in [0.4, 0.5) is 13.2 Å². The van der Waals surface area contributed by atoms with Crippen LogP contribution in [-0.4, -0.2) is 29.6 Å². The smallest absolute Gasteiger partial charge is 0.304 e. The van der Waals surface area contributed by atoms with E-state index in [1.165, 1.54) is 0 Å². The van der Waals surface area contributed by atoms with Crippen LogP contribution in [0.3, 0.4) is 0 Å². The minimum atomic E-state index is -1.50. The van der Waals surface area contributed by atoms with Crippen molar-refractivity contribution in [2.24, 2.45) is 0 Å². The minimum Gasteiger partial charge on any atom is -0.481 e. The number of halogens is 3. The van der Waals surface area contributed by atoms with Gasteiger partial charge in [-0.25, -0.2) is 13.2 Å². The molecule has 0 unspecified atom stereocenters. The number of carboxylic acids is 1. The van der Waals surface area contributed by atoms with Crippen LogP contribution in [0.15, 0.2) is 12.1 Å². The van der Waals surface area contributed by atoms with Gasteiger partial charge >= 0.3 is 5.97 Å². The molecule has 0 heterocycles. The van der Waals surface area contributed by atoms with E-state index in [0.29, 0.717) is 0 Å². The Kier molecular flexibility index (Phi) is 4.51. The van der Waals surface area contributed by atoms with Gasteiger partial charge in [-0.05, 0) is 24.7 Å². The van der Waals surface area contributed by atoms with E-state index < -0.39 is 23.4 Å². The lowest BCUT2D eigenvalue weighted by Gasteiger charge is -2.15. The van der Waals surface area contributed by atoms with Gasteiger partial charge in [-0.15, -0.1) is 0 Å². The van der Waals surface area contributed by atoms with Crippen molar-refractivity contribution in [3.05, 3.63) is 35.1 Å². The molecule has 17 heavy (non-hydrogen) atoms. The Bertz CT molecular complexity index is 400. The number of hydrogen-bond donors (Lipinski definition) is 1. The molecule has 0 bridgehead atoms. The maximum atomic E-state index is 12.9. The highest BCUT2D eigenvalue weighted by Crippen LogP contribution is 2.14. The molecular weight excluding hydrogens is 235 g/mol. The first-order valence-corrected chi connectivity index (χ1v) is 4.94. The third-order valence-electron chi connectivity index (χ3n) is 2.20. The predicted octanol–water partition coefficient (Wildman–Crippen LogP) is 2.01. The molecule has 0 spiro atoms. The Morgan fingerprint density at radius 1 is 1.29 bits per heavy atom. The van der Waals surface area contributed by atoms with Crippen LogP contribution in [0.2, 0.25) is 0 Å². The van der Waals surface area contributed by atoms with Gasteiger partial charge in [0.25, 0.3) is 0 Å². The molecule has 0 saturated heterocycles. The fraction of sp³-hybridized carbons (Fsp3) is 0.364. The lowest BCUT2D eigenvalue weighted by atomic mass is 10.2. The van der Waals surface area contributed by atoms with Gasteiger partial charge in [0, 0.05) is 13.1 Å². The molecule has 0 aromatic heterocycles. The summed E-state index contributed by atoms with van der Waals surface area (Å²) in [4.78, 5) is 11.9. The molecule has 0 aliphatic heterocycles. The second-order valence-corrected chi connectivity index (χ2v) is 3.75. The Morgan fingerprint density at radius 2 is 1.82 bits per heavy atom. The molecule has 0 atom stereocenters. The van der Waals surface area contributed by atoms with Crippen molar-refractivity contribution in [2.75, 3.05) is 13.6 Å². The summed E-state index contributed by atoms with van der Waals surface area (Å²) in [5, 5.41) is 8.46. The molecule has 3 nitrogen and oxygen atoms in total. The Hall–Kier alpha value is -1.56. The third-order valence-corrected chi connectivity index (χ3v) is 2.20. The summed E-state index contributed by atoms with van der Waals surface area (Å²) in [6.07, 6.45) is -0.0668. The largest absolute Gasteiger partial charge is 0.481 e. The van der Waals surface area contributed by atoms with Gasteiger partial charge in [0.15, 0.2) is 17.5 Å². The van der Waals surface area contributed by atoms with Gasteiger partial charge in [0.2, 0.25) is 0 Å². The molecule has 1 aromatic carbocycles. The zero-order valence-electron chi connectivity index (χ0n) is 9.21. The monoisotopic (exact) mass is 247 g/mol. The molecule has 1 N–H and O–H groups in total. The number of aliphatic carboxylic acids is 1. The molecule has 0 fully saturated rings. The fourth-order valence-electron chi connectivity index (χ4n) is 1.38. The van der Waals surface area contributed by atoms with Crippen LogP contribution in [0.25, 0.3) is 0 Å². The van der Waals surface area contributed by atoms with Crippen molar-refractivity contribution in [1.29, 1.82) is 0 Å². The number of benzene rings is 1. The maximum Gasteiger partial charge on any atom is 0.304 e. The van der Waals surface area contributed by atoms with Gasteiger partial charge in [0.1, 0.15) is 0 Å². The number of rotatable bonds is 5. The summed E-state index contributed by atoms with van der Waals surface area (Å²) in [6.45, 7) is 0.400. The summed E-state index contributed by atoms with van der Waals surface area (Å²) in [6, 6.07) is 1.80. The molecule has 1 aromatic rings. The molecule has 6 heteroatoms. The highest BCUT2D eigenvalue weighted by atomic mass is 19.2. The lowest BCUT2D eigenvalue weighted by molar-refractivity contribution is -0.137. The van der Waals surface area contributed by atoms with E-state index in [1.54, 1.807) is 11.9 Å². The van der Waals surface area contributed by atoms with Crippen LogP contribution in [0.1, 0.15) is 12.0 Å². The number of nitrogens with zero attached hydrogens (tertiary/aromatic N) is 1. The average Bonchev–Trinajstić information content (AvgIpc) is 2.23. The lowest BCUT2D eigenvalue weighted by Crippen LogP contribution is -2.21. The summed E-state index contributed by atoms with van der Waals surface area (Å²) in [5.41, 5.74) is 0.259. The Balaban J connectivity index is 2.65. The summed E-state index contributed by atoms with van der Waals surface area (Å²) >= 11 is 0. The van der Waals surface area contributed by atoms with Crippen molar-refractivity contribution in [2.45, 2.75) is 13.0 Å². The summed E-state index contributed by atoms with van der Waals surface area (Å²) < 4.78 is 38.4. The van der Waals surface area contributed by atoms with Crippen molar-refractivity contribution >= 4 is 5.97 Å². The molecule has 0 amide bonds. The van der Waals surface area contributed by atoms with Crippen LogP contribution >= 0.6 is 0 Å². The van der Waals surface area contributed by atoms with E-state index in [9.17, 15) is 18.0 Å². The van der Waals surface area contributed by atoms with Crippen LogP contribution < -0.4 is 0 Å². The average molecular weight is 247 g/mol. The first-order valence-electron chi connectivity index (χ1n) is 4.94. The zero-order valence-corrected chi connectivity index (χ0v) is 9.21. The molecule has 0 saturated carbocycles. The quantitative estimate of drug-likeness (QED) is 0.809. The number of carbonyl (C=O) groups is 1.